The Labute approximate surface area is 199 Å². The van der Waals surface area contributed by atoms with E-state index in [0.29, 0.717) is 18.6 Å². The summed E-state index contributed by atoms with van der Waals surface area (Å²) in [6.07, 6.45) is 3.33. The summed E-state index contributed by atoms with van der Waals surface area (Å²) in [5, 5.41) is -0.0723. The lowest BCUT2D eigenvalue weighted by Gasteiger charge is -2.35. The first-order chi connectivity index (χ1) is 16.3. The number of hydrogen-bond acceptors (Lipinski definition) is 7. The van der Waals surface area contributed by atoms with Gasteiger partial charge in [0.25, 0.3) is 10.0 Å². The van der Waals surface area contributed by atoms with Gasteiger partial charge in [-0.3, -0.25) is 4.72 Å². The minimum atomic E-state index is -4.41. The van der Waals surface area contributed by atoms with Gasteiger partial charge in [0.2, 0.25) is 5.13 Å². The third-order valence-corrected chi connectivity index (χ3v) is 7.94. The van der Waals surface area contributed by atoms with Gasteiger partial charge in [0.15, 0.2) is 11.6 Å². The Morgan fingerprint density at radius 2 is 1.88 bits per heavy atom. The summed E-state index contributed by atoms with van der Waals surface area (Å²) in [6.45, 7) is 0.0490. The molecule has 0 saturated heterocycles. The molecule has 3 atom stereocenters. The predicted molar refractivity (Wildman–Crippen MR) is 120 cm³/mol. The number of anilines is 1. The maximum Gasteiger partial charge on any atom is 0.266 e. The lowest BCUT2D eigenvalue weighted by Crippen LogP contribution is -2.31. The maximum absolute atomic E-state index is 14.7. The Hall–Kier alpha value is -2.70. The number of nitrogens with one attached hydrogen (secondary N) is 1. The van der Waals surface area contributed by atoms with Crippen LogP contribution in [0.5, 0.6) is 5.75 Å². The zero-order valence-corrected chi connectivity index (χ0v) is 19.7. The first-order valence-corrected chi connectivity index (χ1v) is 12.7. The van der Waals surface area contributed by atoms with Crippen LogP contribution in [-0.4, -0.2) is 37.6 Å². The van der Waals surface area contributed by atoms with Gasteiger partial charge in [-0.1, -0.05) is 12.1 Å². The second-order valence-corrected chi connectivity index (χ2v) is 10.4. The molecule has 1 heterocycles. The summed E-state index contributed by atoms with van der Waals surface area (Å²) in [6, 6.07) is 7.49. The molecule has 1 fully saturated rings. The van der Waals surface area contributed by atoms with Crippen molar-refractivity contribution in [3.63, 3.8) is 0 Å². The summed E-state index contributed by atoms with van der Waals surface area (Å²) in [5.74, 6) is -3.00. The quantitative estimate of drug-likeness (QED) is 0.468. The minimum absolute atomic E-state index is 0.00849. The van der Waals surface area contributed by atoms with Crippen molar-refractivity contribution in [1.82, 2.24) is 9.36 Å². The normalized spacial score (nSPS) is 20.8. The molecule has 0 bridgehead atoms. The summed E-state index contributed by atoms with van der Waals surface area (Å²) in [7, 11) is -2.79. The monoisotopic (exact) mass is 513 g/mol. The first-order valence-electron chi connectivity index (χ1n) is 10.5. The Bertz CT molecular complexity index is 1220. The molecule has 34 heavy (non-hydrogen) atoms. The Balaban J connectivity index is 1.52. The highest BCUT2D eigenvalue weighted by Gasteiger charge is 2.33. The number of hydrogen-bond donors (Lipinski definition) is 1. The van der Waals surface area contributed by atoms with Crippen LogP contribution in [0.25, 0.3) is 0 Å². The summed E-state index contributed by atoms with van der Waals surface area (Å²) >= 11 is 0.759. The fraction of sp³-hybridized carbons (Fsp3) is 0.364. The molecule has 182 valence electrons. The largest absolute Gasteiger partial charge is 0.490 e. The molecule has 0 spiro atoms. The molecule has 12 heteroatoms. The van der Waals surface area contributed by atoms with Gasteiger partial charge < -0.3 is 9.47 Å². The van der Waals surface area contributed by atoms with Crippen molar-refractivity contribution in [1.29, 1.82) is 0 Å². The van der Waals surface area contributed by atoms with E-state index in [1.54, 1.807) is 19.2 Å². The number of ether oxygens (including phenoxy) is 2. The topological polar surface area (TPSA) is 90.4 Å². The first kappa shape index (κ1) is 24.4. The minimum Gasteiger partial charge on any atom is -0.490 e. The number of nitrogens with zero attached hydrogens (tertiary/aromatic N) is 2. The van der Waals surface area contributed by atoms with E-state index in [1.165, 1.54) is 12.1 Å². The van der Waals surface area contributed by atoms with Gasteiger partial charge in [-0.2, -0.15) is 4.37 Å². The highest BCUT2D eigenvalue weighted by atomic mass is 32.2. The van der Waals surface area contributed by atoms with Crippen LogP contribution >= 0.6 is 11.5 Å². The van der Waals surface area contributed by atoms with Crippen LogP contribution in [0, 0.1) is 23.4 Å². The standard InChI is InChI=1S/C22H22F3N3O4S2/c1-31-16-6-7-17(13-2-4-15(23)5-3-13)14(8-16)11-32-20-9-19(25)21(10-18(20)24)34(29,30)28-22-26-12-27-33-22/h2-5,9-10,12,14,16-17H,6-8,11H2,1H3,(H,26,27,28)/t14-,16?,17?/m0/s1. The average molecular weight is 514 g/mol. The van der Waals surface area contributed by atoms with E-state index >= 15 is 0 Å². The highest BCUT2D eigenvalue weighted by molar-refractivity contribution is 7.93. The molecular formula is C22H22F3N3O4S2. The van der Waals surface area contributed by atoms with Crippen LogP contribution in [0.4, 0.5) is 18.3 Å². The molecule has 1 aliphatic rings. The van der Waals surface area contributed by atoms with Gasteiger partial charge in [-0.25, -0.2) is 26.6 Å². The van der Waals surface area contributed by atoms with E-state index in [0.717, 1.165) is 36.3 Å². The second kappa shape index (κ2) is 10.3. The molecular weight excluding hydrogens is 491 g/mol. The van der Waals surface area contributed by atoms with Gasteiger partial charge in [0.05, 0.1) is 12.7 Å². The third kappa shape index (κ3) is 5.50. The van der Waals surface area contributed by atoms with Crippen molar-refractivity contribution in [2.75, 3.05) is 18.4 Å². The van der Waals surface area contributed by atoms with Crippen LogP contribution in [-0.2, 0) is 14.8 Å². The molecule has 1 aromatic heterocycles. The van der Waals surface area contributed by atoms with E-state index in [4.69, 9.17) is 9.47 Å². The molecule has 1 aliphatic carbocycles. The summed E-state index contributed by atoms with van der Waals surface area (Å²) in [4.78, 5) is 2.81. The summed E-state index contributed by atoms with van der Waals surface area (Å²) in [5.41, 5.74) is 0.931. The SMILES string of the molecule is COC1CCC(c2ccc(F)cc2)[C@H](COc2cc(F)c(S(=O)(=O)Nc3ncns3)cc2F)C1. The smallest absolute Gasteiger partial charge is 0.266 e. The number of methoxy groups -OCH3 is 1. The van der Waals surface area contributed by atoms with Crippen LogP contribution < -0.4 is 9.46 Å². The van der Waals surface area contributed by atoms with Gasteiger partial charge in [0, 0.05) is 36.7 Å². The zero-order chi connectivity index (χ0) is 24.3. The van der Waals surface area contributed by atoms with Crippen LogP contribution in [0.2, 0.25) is 0 Å². The van der Waals surface area contributed by atoms with Crippen LogP contribution in [0.15, 0.2) is 47.6 Å². The van der Waals surface area contributed by atoms with E-state index in [-0.39, 0.29) is 35.5 Å². The number of rotatable bonds is 8. The lowest BCUT2D eigenvalue weighted by molar-refractivity contribution is 0.0297. The molecule has 0 aliphatic heterocycles. The van der Waals surface area contributed by atoms with Gasteiger partial charge in [-0.05, 0) is 42.9 Å². The molecule has 7 nitrogen and oxygen atoms in total. The van der Waals surface area contributed by atoms with E-state index in [9.17, 15) is 21.6 Å². The van der Waals surface area contributed by atoms with Crippen molar-refractivity contribution < 1.29 is 31.1 Å². The molecule has 2 unspecified atom stereocenters. The Morgan fingerprint density at radius 3 is 2.56 bits per heavy atom. The van der Waals surface area contributed by atoms with Crippen LogP contribution in [0.3, 0.4) is 0 Å². The molecule has 0 radical (unpaired) electrons. The summed E-state index contributed by atoms with van der Waals surface area (Å²) < 4.78 is 84.4. The van der Waals surface area contributed by atoms with Gasteiger partial charge in [-0.15, -0.1) is 0 Å². The van der Waals surface area contributed by atoms with Gasteiger partial charge >= 0.3 is 0 Å². The van der Waals surface area contributed by atoms with Gasteiger partial charge in [0.1, 0.15) is 22.9 Å². The van der Waals surface area contributed by atoms with E-state index in [1.807, 2.05) is 0 Å². The van der Waals surface area contributed by atoms with Crippen molar-refractivity contribution >= 4 is 26.7 Å². The fourth-order valence-corrected chi connectivity index (χ4v) is 5.91. The second-order valence-electron chi connectivity index (χ2n) is 7.96. The number of benzene rings is 2. The lowest BCUT2D eigenvalue weighted by atomic mass is 9.74. The van der Waals surface area contributed by atoms with Crippen molar-refractivity contribution in [2.24, 2.45) is 5.92 Å². The molecule has 1 saturated carbocycles. The molecule has 3 aromatic rings. The maximum atomic E-state index is 14.7. The van der Waals surface area contributed by atoms with Crippen molar-refractivity contribution in [3.8, 4) is 5.75 Å². The Kier molecular flexibility index (Phi) is 7.39. The number of aromatic nitrogens is 2. The molecule has 0 amide bonds. The Morgan fingerprint density at radius 1 is 1.12 bits per heavy atom. The van der Waals surface area contributed by atoms with Crippen LogP contribution in [0.1, 0.15) is 30.7 Å². The predicted octanol–water partition coefficient (Wildman–Crippen LogP) is 4.73. The van der Waals surface area contributed by atoms with E-state index < -0.39 is 32.3 Å². The third-order valence-electron chi connectivity index (χ3n) is 5.88. The average Bonchev–Trinajstić information content (AvgIpc) is 3.32. The molecule has 1 N–H and O–H groups in total. The molecule has 2 aromatic carbocycles. The van der Waals surface area contributed by atoms with Crippen molar-refractivity contribution in [2.45, 2.75) is 36.2 Å². The number of halogens is 3. The van der Waals surface area contributed by atoms with Crippen molar-refractivity contribution in [3.05, 3.63) is 65.7 Å². The number of sulfonamides is 1. The highest BCUT2D eigenvalue weighted by Crippen LogP contribution is 2.39. The zero-order valence-electron chi connectivity index (χ0n) is 18.1. The van der Waals surface area contributed by atoms with E-state index in [2.05, 4.69) is 14.1 Å². The molecule has 4 rings (SSSR count). The fourth-order valence-electron chi connectivity index (χ4n) is 4.18.